The number of hydrogen-bond acceptors (Lipinski definition) is 2. The predicted molar refractivity (Wildman–Crippen MR) is 53.8 cm³/mol. The van der Waals surface area contributed by atoms with Gasteiger partial charge in [-0.1, -0.05) is 12.8 Å². The summed E-state index contributed by atoms with van der Waals surface area (Å²) in [6.07, 6.45) is 6.23. The first-order chi connectivity index (χ1) is 6.75. The number of aliphatic hydroxyl groups excluding tert-OH is 1. The van der Waals surface area contributed by atoms with Gasteiger partial charge in [0.1, 0.15) is 0 Å². The maximum Gasteiger partial charge on any atom is 0.222 e. The molecule has 0 spiro atoms. The molecule has 3 nitrogen and oxygen atoms in total. The molecule has 2 fully saturated rings. The van der Waals surface area contributed by atoms with E-state index >= 15 is 0 Å². The zero-order valence-electron chi connectivity index (χ0n) is 8.61. The molecule has 0 aromatic heterocycles. The van der Waals surface area contributed by atoms with Gasteiger partial charge in [0, 0.05) is 19.5 Å². The Hall–Kier alpha value is -0.570. The van der Waals surface area contributed by atoms with E-state index in [2.05, 4.69) is 0 Å². The third kappa shape index (κ3) is 2.27. The number of β-amino-alcohol motifs (C(OH)–C–C–N with tert-alkyl or cyclic N) is 1. The van der Waals surface area contributed by atoms with Gasteiger partial charge in [0.05, 0.1) is 6.10 Å². The molecule has 0 aromatic rings. The molecule has 1 amide bonds. The van der Waals surface area contributed by atoms with Crippen LogP contribution in [0.4, 0.5) is 0 Å². The van der Waals surface area contributed by atoms with Gasteiger partial charge in [-0.15, -0.1) is 0 Å². The van der Waals surface area contributed by atoms with Gasteiger partial charge in [0.2, 0.25) is 5.91 Å². The van der Waals surface area contributed by atoms with Gasteiger partial charge in [0.15, 0.2) is 0 Å². The van der Waals surface area contributed by atoms with E-state index in [1.165, 1.54) is 25.7 Å². The van der Waals surface area contributed by atoms with Crippen LogP contribution in [0, 0.1) is 5.92 Å². The van der Waals surface area contributed by atoms with E-state index in [9.17, 15) is 9.90 Å². The first-order valence-corrected chi connectivity index (χ1v) is 5.71. The zero-order chi connectivity index (χ0) is 9.97. The molecule has 80 valence electrons. The molecule has 1 atom stereocenters. The molecule has 1 aliphatic carbocycles. The first kappa shape index (κ1) is 9.97. The fourth-order valence-corrected chi connectivity index (χ4v) is 2.56. The van der Waals surface area contributed by atoms with E-state index in [4.69, 9.17) is 0 Å². The highest BCUT2D eigenvalue weighted by Gasteiger charge is 2.27. The van der Waals surface area contributed by atoms with Crippen molar-refractivity contribution in [3.63, 3.8) is 0 Å². The summed E-state index contributed by atoms with van der Waals surface area (Å²) in [4.78, 5) is 13.6. The summed E-state index contributed by atoms with van der Waals surface area (Å²) in [6.45, 7) is 1.32. The molecule has 1 saturated carbocycles. The molecular formula is C11H19NO2. The van der Waals surface area contributed by atoms with Crippen molar-refractivity contribution in [2.45, 2.75) is 44.6 Å². The summed E-state index contributed by atoms with van der Waals surface area (Å²) >= 11 is 0. The van der Waals surface area contributed by atoms with E-state index in [-0.39, 0.29) is 12.0 Å². The van der Waals surface area contributed by atoms with Gasteiger partial charge in [-0.3, -0.25) is 4.79 Å². The van der Waals surface area contributed by atoms with Gasteiger partial charge < -0.3 is 10.0 Å². The predicted octanol–water partition coefficient (Wildman–Crippen LogP) is 1.16. The Balaban J connectivity index is 1.77. The second-order valence-electron chi connectivity index (χ2n) is 4.64. The second-order valence-corrected chi connectivity index (χ2v) is 4.64. The minimum Gasteiger partial charge on any atom is -0.391 e. The highest BCUT2D eigenvalue weighted by atomic mass is 16.3. The van der Waals surface area contributed by atoms with E-state index in [1.807, 2.05) is 4.90 Å². The van der Waals surface area contributed by atoms with Crippen molar-refractivity contribution in [1.82, 2.24) is 4.90 Å². The summed E-state index contributed by atoms with van der Waals surface area (Å²) in [7, 11) is 0. The molecule has 0 unspecified atom stereocenters. The maximum absolute atomic E-state index is 11.8. The normalized spacial score (nSPS) is 28.6. The number of likely N-dealkylation sites (tertiary alicyclic amines) is 1. The Labute approximate surface area is 85.1 Å². The third-order valence-corrected chi connectivity index (χ3v) is 3.45. The summed E-state index contributed by atoms with van der Waals surface area (Å²) in [5.41, 5.74) is 0. The van der Waals surface area contributed by atoms with Gasteiger partial charge in [-0.2, -0.15) is 0 Å². The molecule has 1 heterocycles. The van der Waals surface area contributed by atoms with E-state index in [0.717, 1.165) is 13.0 Å². The summed E-state index contributed by atoms with van der Waals surface area (Å²) < 4.78 is 0. The van der Waals surface area contributed by atoms with Crippen LogP contribution in [-0.4, -0.2) is 35.1 Å². The molecular weight excluding hydrogens is 178 g/mol. The SMILES string of the molecule is O=C(CC1CCCC1)N1CC[C@@H](O)C1. The van der Waals surface area contributed by atoms with Crippen molar-refractivity contribution in [3.05, 3.63) is 0 Å². The first-order valence-electron chi connectivity index (χ1n) is 5.71. The molecule has 1 N–H and O–H groups in total. The molecule has 0 radical (unpaired) electrons. The Bertz CT molecular complexity index is 211. The van der Waals surface area contributed by atoms with Crippen LogP contribution in [0.2, 0.25) is 0 Å². The van der Waals surface area contributed by atoms with Gasteiger partial charge in [0.25, 0.3) is 0 Å². The molecule has 1 saturated heterocycles. The molecule has 3 heteroatoms. The molecule has 2 aliphatic rings. The quantitative estimate of drug-likeness (QED) is 0.721. The lowest BCUT2D eigenvalue weighted by Gasteiger charge is -2.17. The van der Waals surface area contributed by atoms with Crippen LogP contribution in [0.1, 0.15) is 38.5 Å². The Kier molecular flexibility index (Phi) is 3.06. The topological polar surface area (TPSA) is 40.5 Å². The van der Waals surface area contributed by atoms with E-state index in [1.54, 1.807) is 0 Å². The number of aliphatic hydroxyl groups is 1. The average molecular weight is 197 g/mol. The van der Waals surface area contributed by atoms with E-state index < -0.39 is 0 Å². The summed E-state index contributed by atoms with van der Waals surface area (Å²) in [5, 5.41) is 9.32. The minimum absolute atomic E-state index is 0.258. The Morgan fingerprint density at radius 3 is 2.57 bits per heavy atom. The molecule has 14 heavy (non-hydrogen) atoms. The van der Waals surface area contributed by atoms with Crippen LogP contribution in [0.3, 0.4) is 0 Å². The maximum atomic E-state index is 11.8. The van der Waals surface area contributed by atoms with Crippen LogP contribution >= 0.6 is 0 Å². The van der Waals surface area contributed by atoms with Crippen LogP contribution in [0.5, 0.6) is 0 Å². The van der Waals surface area contributed by atoms with Gasteiger partial charge in [-0.25, -0.2) is 0 Å². The number of nitrogens with zero attached hydrogens (tertiary/aromatic N) is 1. The van der Waals surface area contributed by atoms with Crippen molar-refractivity contribution in [2.75, 3.05) is 13.1 Å². The summed E-state index contributed by atoms with van der Waals surface area (Å²) in [6, 6.07) is 0. The average Bonchev–Trinajstić information content (AvgIpc) is 2.75. The Morgan fingerprint density at radius 2 is 2.00 bits per heavy atom. The van der Waals surface area contributed by atoms with Crippen molar-refractivity contribution < 1.29 is 9.90 Å². The van der Waals surface area contributed by atoms with Crippen LogP contribution < -0.4 is 0 Å². The lowest BCUT2D eigenvalue weighted by molar-refractivity contribution is -0.131. The molecule has 1 aliphatic heterocycles. The number of hydrogen-bond donors (Lipinski definition) is 1. The number of rotatable bonds is 2. The highest BCUT2D eigenvalue weighted by Crippen LogP contribution is 2.28. The van der Waals surface area contributed by atoms with E-state index in [0.29, 0.717) is 18.9 Å². The van der Waals surface area contributed by atoms with Crippen LogP contribution in [-0.2, 0) is 4.79 Å². The largest absolute Gasteiger partial charge is 0.391 e. The summed E-state index contributed by atoms with van der Waals surface area (Å²) in [5.74, 6) is 0.883. The van der Waals surface area contributed by atoms with Crippen molar-refractivity contribution >= 4 is 5.91 Å². The van der Waals surface area contributed by atoms with Gasteiger partial charge >= 0.3 is 0 Å². The smallest absolute Gasteiger partial charge is 0.222 e. The number of carbonyl (C=O) groups excluding carboxylic acids is 1. The number of amides is 1. The standard InChI is InChI=1S/C11H19NO2/c13-10-5-6-12(8-10)11(14)7-9-3-1-2-4-9/h9-10,13H,1-8H2/t10-/m1/s1. The van der Waals surface area contributed by atoms with Gasteiger partial charge in [-0.05, 0) is 25.2 Å². The molecule has 2 rings (SSSR count). The van der Waals surface area contributed by atoms with Crippen molar-refractivity contribution in [1.29, 1.82) is 0 Å². The van der Waals surface area contributed by atoms with Crippen molar-refractivity contribution in [2.24, 2.45) is 5.92 Å². The zero-order valence-corrected chi connectivity index (χ0v) is 8.61. The number of carbonyl (C=O) groups is 1. The monoisotopic (exact) mass is 197 g/mol. The van der Waals surface area contributed by atoms with Crippen LogP contribution in [0.25, 0.3) is 0 Å². The second kappa shape index (κ2) is 4.30. The fraction of sp³-hybridized carbons (Fsp3) is 0.909. The third-order valence-electron chi connectivity index (χ3n) is 3.45. The lowest BCUT2D eigenvalue weighted by atomic mass is 10.0. The van der Waals surface area contributed by atoms with Crippen molar-refractivity contribution in [3.8, 4) is 0 Å². The molecule has 0 bridgehead atoms. The highest BCUT2D eigenvalue weighted by molar-refractivity contribution is 5.76. The Morgan fingerprint density at radius 1 is 1.29 bits per heavy atom. The fourth-order valence-electron chi connectivity index (χ4n) is 2.56. The lowest BCUT2D eigenvalue weighted by Crippen LogP contribution is -2.30. The molecule has 0 aromatic carbocycles. The van der Waals surface area contributed by atoms with Crippen LogP contribution in [0.15, 0.2) is 0 Å². The minimum atomic E-state index is -0.275.